The second-order valence-electron chi connectivity index (χ2n) is 5.79. The zero-order chi connectivity index (χ0) is 13.2. The van der Waals surface area contributed by atoms with Crippen molar-refractivity contribution in [3.8, 4) is 0 Å². The lowest BCUT2D eigenvalue weighted by molar-refractivity contribution is 0.565. The number of rotatable bonds is 7. The molecule has 104 valence electrons. The predicted octanol–water partition coefficient (Wildman–Crippen LogP) is 2.32. The van der Waals surface area contributed by atoms with E-state index >= 15 is 0 Å². The van der Waals surface area contributed by atoms with Gasteiger partial charge in [0.25, 0.3) is 0 Å². The van der Waals surface area contributed by atoms with E-state index in [-0.39, 0.29) is 0 Å². The van der Waals surface area contributed by atoms with Crippen LogP contribution in [0.4, 0.5) is 11.6 Å². The average molecular weight is 261 g/mol. The van der Waals surface area contributed by atoms with Gasteiger partial charge in [-0.25, -0.2) is 15.8 Å². The van der Waals surface area contributed by atoms with E-state index < -0.39 is 0 Å². The molecule has 0 unspecified atom stereocenters. The molecule has 2 aliphatic carbocycles. The highest BCUT2D eigenvalue weighted by Gasteiger charge is 2.41. The summed E-state index contributed by atoms with van der Waals surface area (Å²) in [4.78, 5) is 9.00. The smallest absolute Gasteiger partial charge is 0.145 e. The number of hydrogen-bond donors (Lipinski definition) is 3. The Bertz CT molecular complexity index is 427. The first-order valence-corrected chi connectivity index (χ1v) is 7.41. The summed E-state index contributed by atoms with van der Waals surface area (Å²) >= 11 is 0. The van der Waals surface area contributed by atoms with Crippen LogP contribution in [0.1, 0.15) is 44.9 Å². The Morgan fingerprint density at radius 2 is 1.84 bits per heavy atom. The molecule has 3 rings (SSSR count). The van der Waals surface area contributed by atoms with Crippen molar-refractivity contribution in [1.29, 1.82) is 0 Å². The van der Waals surface area contributed by atoms with Crippen LogP contribution in [0.3, 0.4) is 0 Å². The molecule has 4 N–H and O–H groups in total. The first-order valence-electron chi connectivity index (χ1n) is 7.41. The Labute approximate surface area is 114 Å². The Balaban J connectivity index is 1.75. The summed E-state index contributed by atoms with van der Waals surface area (Å²) in [6, 6.07) is 2.52. The maximum Gasteiger partial charge on any atom is 0.145 e. The summed E-state index contributed by atoms with van der Waals surface area (Å²) in [7, 11) is 0. The van der Waals surface area contributed by atoms with Crippen LogP contribution >= 0.6 is 0 Å². The lowest BCUT2D eigenvalue weighted by atomic mass is 10.1. The van der Waals surface area contributed by atoms with E-state index in [1.165, 1.54) is 25.7 Å². The van der Waals surface area contributed by atoms with Gasteiger partial charge in [-0.05, 0) is 43.9 Å². The number of nitrogen functional groups attached to an aromatic ring is 1. The number of nitrogens with two attached hydrogens (primary N) is 1. The highest BCUT2D eigenvalue weighted by Crippen LogP contribution is 2.45. The number of aryl methyl sites for hydroxylation is 1. The molecule has 0 saturated heterocycles. The number of nitrogens with one attached hydrogen (secondary N) is 2. The first kappa shape index (κ1) is 12.7. The summed E-state index contributed by atoms with van der Waals surface area (Å²) in [6.45, 7) is 2.14. The molecule has 2 aliphatic rings. The average Bonchev–Trinajstić information content (AvgIpc) is 3.29. The molecular formula is C14H23N5. The van der Waals surface area contributed by atoms with Gasteiger partial charge in [0.2, 0.25) is 0 Å². The Hall–Kier alpha value is -1.36. The lowest BCUT2D eigenvalue weighted by Crippen LogP contribution is -2.25. The van der Waals surface area contributed by atoms with Gasteiger partial charge in [-0.1, -0.05) is 6.92 Å². The minimum absolute atomic E-state index is 0.606. The van der Waals surface area contributed by atoms with Gasteiger partial charge < -0.3 is 10.7 Å². The summed E-state index contributed by atoms with van der Waals surface area (Å²) in [5.41, 5.74) is 2.64. The van der Waals surface area contributed by atoms with Gasteiger partial charge in [0.1, 0.15) is 17.5 Å². The van der Waals surface area contributed by atoms with Gasteiger partial charge in [-0.15, -0.1) is 0 Å². The maximum atomic E-state index is 5.49. The van der Waals surface area contributed by atoms with Crippen molar-refractivity contribution in [2.45, 2.75) is 51.5 Å². The van der Waals surface area contributed by atoms with Gasteiger partial charge in [-0.3, -0.25) is 0 Å². The van der Waals surface area contributed by atoms with Gasteiger partial charge >= 0.3 is 0 Å². The fraction of sp³-hybridized carbons (Fsp3) is 0.714. The number of hydrazine groups is 1. The Kier molecular flexibility index (Phi) is 3.55. The van der Waals surface area contributed by atoms with E-state index in [2.05, 4.69) is 27.6 Å². The van der Waals surface area contributed by atoms with Crippen LogP contribution in [0.2, 0.25) is 0 Å². The second-order valence-corrected chi connectivity index (χ2v) is 5.79. The highest BCUT2D eigenvalue weighted by molar-refractivity contribution is 5.48. The molecule has 1 aromatic rings. The quantitative estimate of drug-likeness (QED) is 0.519. The van der Waals surface area contributed by atoms with Crippen LogP contribution < -0.4 is 16.6 Å². The van der Waals surface area contributed by atoms with Gasteiger partial charge in [0, 0.05) is 18.5 Å². The molecule has 0 aliphatic heterocycles. The molecule has 0 aromatic carbocycles. The van der Waals surface area contributed by atoms with Gasteiger partial charge in [-0.2, -0.15) is 0 Å². The molecule has 0 spiro atoms. The zero-order valence-electron chi connectivity index (χ0n) is 11.5. The van der Waals surface area contributed by atoms with Crippen LogP contribution in [0.15, 0.2) is 6.07 Å². The monoisotopic (exact) mass is 261 g/mol. The lowest BCUT2D eigenvalue weighted by Gasteiger charge is -2.19. The molecule has 2 saturated carbocycles. The molecule has 0 atom stereocenters. The number of nitrogens with zero attached hydrogens (tertiary/aromatic N) is 2. The van der Waals surface area contributed by atoms with Crippen LogP contribution in [0, 0.1) is 11.8 Å². The van der Waals surface area contributed by atoms with Gasteiger partial charge in [0.15, 0.2) is 0 Å². The second kappa shape index (κ2) is 5.33. The maximum absolute atomic E-state index is 5.49. The Morgan fingerprint density at radius 3 is 2.37 bits per heavy atom. The fourth-order valence-corrected chi connectivity index (χ4v) is 2.68. The SMILES string of the molecule is CCCc1nc(NN)cc(NC(C2CC2)C2CC2)n1. The van der Waals surface area contributed by atoms with Crippen molar-refractivity contribution < 1.29 is 0 Å². The van der Waals surface area contributed by atoms with E-state index in [0.29, 0.717) is 11.9 Å². The third kappa shape index (κ3) is 3.15. The zero-order valence-corrected chi connectivity index (χ0v) is 11.5. The number of aromatic nitrogens is 2. The van der Waals surface area contributed by atoms with E-state index in [4.69, 9.17) is 5.84 Å². The van der Waals surface area contributed by atoms with E-state index in [0.717, 1.165) is 36.3 Å². The van der Waals surface area contributed by atoms with Crippen molar-refractivity contribution in [2.24, 2.45) is 17.7 Å². The summed E-state index contributed by atoms with van der Waals surface area (Å²) in [6.07, 6.45) is 7.39. The molecule has 1 heterocycles. The van der Waals surface area contributed by atoms with Crippen LogP contribution in [-0.4, -0.2) is 16.0 Å². The van der Waals surface area contributed by atoms with Crippen molar-refractivity contribution in [1.82, 2.24) is 9.97 Å². The van der Waals surface area contributed by atoms with Crippen molar-refractivity contribution >= 4 is 11.6 Å². The van der Waals surface area contributed by atoms with Crippen LogP contribution in [-0.2, 0) is 6.42 Å². The summed E-state index contributed by atoms with van der Waals surface area (Å²) < 4.78 is 0. The third-order valence-corrected chi connectivity index (χ3v) is 3.97. The van der Waals surface area contributed by atoms with E-state index in [9.17, 15) is 0 Å². The van der Waals surface area contributed by atoms with Crippen LogP contribution in [0.25, 0.3) is 0 Å². The standard InChI is InChI=1S/C14H23N5/c1-2-3-11-16-12(8-13(17-11)19-15)18-14(9-4-5-9)10-6-7-10/h8-10,14H,2-7,15H2,1H3,(H2,16,17,18,19). The predicted molar refractivity (Wildman–Crippen MR) is 76.7 cm³/mol. The molecule has 2 fully saturated rings. The third-order valence-electron chi connectivity index (χ3n) is 3.97. The highest BCUT2D eigenvalue weighted by atomic mass is 15.3. The topological polar surface area (TPSA) is 75.9 Å². The first-order chi connectivity index (χ1) is 9.30. The fourth-order valence-electron chi connectivity index (χ4n) is 2.68. The number of hydrogen-bond acceptors (Lipinski definition) is 5. The Morgan fingerprint density at radius 1 is 1.21 bits per heavy atom. The van der Waals surface area contributed by atoms with E-state index in [1.54, 1.807) is 0 Å². The minimum Gasteiger partial charge on any atom is -0.367 e. The van der Waals surface area contributed by atoms with Crippen molar-refractivity contribution in [3.05, 3.63) is 11.9 Å². The molecule has 5 heteroatoms. The molecule has 0 amide bonds. The normalized spacial score (nSPS) is 18.7. The summed E-state index contributed by atoms with van der Waals surface area (Å²) in [5, 5.41) is 3.63. The molecule has 1 aromatic heterocycles. The molecule has 5 nitrogen and oxygen atoms in total. The van der Waals surface area contributed by atoms with E-state index in [1.807, 2.05) is 6.07 Å². The molecule has 0 bridgehead atoms. The molecular weight excluding hydrogens is 238 g/mol. The largest absolute Gasteiger partial charge is 0.367 e. The van der Waals surface area contributed by atoms with Gasteiger partial charge in [0.05, 0.1) is 0 Å². The summed E-state index contributed by atoms with van der Waals surface area (Å²) in [5.74, 6) is 9.69. The minimum atomic E-state index is 0.606. The number of anilines is 2. The van der Waals surface area contributed by atoms with Crippen molar-refractivity contribution in [3.63, 3.8) is 0 Å². The van der Waals surface area contributed by atoms with Crippen LogP contribution in [0.5, 0.6) is 0 Å². The van der Waals surface area contributed by atoms with Crippen molar-refractivity contribution in [2.75, 3.05) is 10.7 Å². The molecule has 0 radical (unpaired) electrons. The molecule has 19 heavy (non-hydrogen) atoms.